The summed E-state index contributed by atoms with van der Waals surface area (Å²) < 4.78 is 28.1. The molecule has 2 atom stereocenters. The first kappa shape index (κ1) is 18.1. The van der Waals surface area contributed by atoms with Crippen molar-refractivity contribution in [2.45, 2.75) is 38.5 Å². The van der Waals surface area contributed by atoms with Crippen molar-refractivity contribution in [1.82, 2.24) is 9.97 Å². The standard InChI is InChI=1S/C19H23F2N5/c1-10-5-6-11(16-7-8-25-19(24)26-16)18(23)12(10)9-15(22)17-13(20)3-2-4-14(17)21/h3,7-11H,2,4-6,22-23H2,1H3,(H2,24,25,26)/b15-9-. The van der Waals surface area contributed by atoms with Crippen LogP contribution in [-0.2, 0) is 0 Å². The number of nitrogens with zero attached hydrogens (tertiary/aromatic N) is 2. The SMILES string of the molecule is CC1CCC(c2ccnc(N)n2)C(N)=C1/C=C(\N)C1=C(F)CCC=C1F. The summed E-state index contributed by atoms with van der Waals surface area (Å²) in [6, 6.07) is 1.78. The number of nitrogens with two attached hydrogens (primary N) is 3. The Kier molecular flexibility index (Phi) is 5.06. The normalized spacial score (nSPS) is 24.7. The van der Waals surface area contributed by atoms with Gasteiger partial charge in [-0.2, -0.15) is 0 Å². The molecule has 5 nitrogen and oxygen atoms in total. The van der Waals surface area contributed by atoms with Gasteiger partial charge in [-0.1, -0.05) is 6.92 Å². The second-order valence-electron chi connectivity index (χ2n) is 6.75. The molecule has 0 aromatic carbocycles. The average Bonchev–Trinajstić information content (AvgIpc) is 2.58. The van der Waals surface area contributed by atoms with E-state index in [1.165, 1.54) is 6.08 Å². The molecule has 0 amide bonds. The fraction of sp³-hybridized carbons (Fsp3) is 0.368. The van der Waals surface area contributed by atoms with E-state index in [2.05, 4.69) is 9.97 Å². The third-order valence-electron chi connectivity index (χ3n) is 4.98. The lowest BCUT2D eigenvalue weighted by molar-refractivity contribution is 0.496. The molecule has 1 aromatic rings. The predicted octanol–water partition coefficient (Wildman–Crippen LogP) is 3.50. The fourth-order valence-electron chi connectivity index (χ4n) is 3.55. The van der Waals surface area contributed by atoms with Crippen LogP contribution in [0.5, 0.6) is 0 Å². The smallest absolute Gasteiger partial charge is 0.220 e. The van der Waals surface area contributed by atoms with Crippen LogP contribution in [0.15, 0.2) is 58.6 Å². The molecular weight excluding hydrogens is 336 g/mol. The van der Waals surface area contributed by atoms with E-state index in [-0.39, 0.29) is 35.5 Å². The topological polar surface area (TPSA) is 104 Å². The lowest BCUT2D eigenvalue weighted by atomic mass is 9.78. The Hall–Kier alpha value is -2.70. The summed E-state index contributed by atoms with van der Waals surface area (Å²) in [6.45, 7) is 2.02. The summed E-state index contributed by atoms with van der Waals surface area (Å²) in [6.07, 6.45) is 6.71. The van der Waals surface area contributed by atoms with Crippen LogP contribution < -0.4 is 17.2 Å². The van der Waals surface area contributed by atoms with E-state index in [1.54, 1.807) is 18.3 Å². The molecule has 1 aromatic heterocycles. The lowest BCUT2D eigenvalue weighted by Gasteiger charge is -2.29. The van der Waals surface area contributed by atoms with Gasteiger partial charge in [0.2, 0.25) is 5.95 Å². The number of anilines is 1. The first-order valence-corrected chi connectivity index (χ1v) is 8.68. The number of aromatic nitrogens is 2. The van der Waals surface area contributed by atoms with E-state index in [1.807, 2.05) is 6.92 Å². The van der Waals surface area contributed by atoms with Gasteiger partial charge in [-0.25, -0.2) is 18.7 Å². The lowest BCUT2D eigenvalue weighted by Crippen LogP contribution is -2.23. The Labute approximate surface area is 151 Å². The highest BCUT2D eigenvalue weighted by Crippen LogP contribution is 2.39. The average molecular weight is 359 g/mol. The van der Waals surface area contributed by atoms with Crippen molar-refractivity contribution in [1.29, 1.82) is 0 Å². The number of nitrogen functional groups attached to an aromatic ring is 1. The first-order chi connectivity index (χ1) is 12.4. The summed E-state index contributed by atoms with van der Waals surface area (Å²) in [7, 11) is 0. The van der Waals surface area contributed by atoms with Crippen molar-refractivity contribution in [3.63, 3.8) is 0 Å². The van der Waals surface area contributed by atoms with Gasteiger partial charge in [-0.05, 0) is 49.0 Å². The minimum Gasteiger partial charge on any atom is -0.401 e. The van der Waals surface area contributed by atoms with Crippen LogP contribution in [0, 0.1) is 5.92 Å². The van der Waals surface area contributed by atoms with Crippen molar-refractivity contribution in [2.75, 3.05) is 5.73 Å². The van der Waals surface area contributed by atoms with Gasteiger partial charge >= 0.3 is 0 Å². The summed E-state index contributed by atoms with van der Waals surface area (Å²) in [4.78, 5) is 8.16. The van der Waals surface area contributed by atoms with Crippen LogP contribution in [0.2, 0.25) is 0 Å². The molecule has 138 valence electrons. The van der Waals surface area contributed by atoms with Crippen LogP contribution in [0.3, 0.4) is 0 Å². The van der Waals surface area contributed by atoms with E-state index in [9.17, 15) is 8.78 Å². The third-order valence-corrected chi connectivity index (χ3v) is 4.98. The zero-order valence-corrected chi connectivity index (χ0v) is 14.7. The van der Waals surface area contributed by atoms with Crippen molar-refractivity contribution in [2.24, 2.45) is 17.4 Å². The van der Waals surface area contributed by atoms with Gasteiger partial charge < -0.3 is 17.2 Å². The summed E-state index contributed by atoms with van der Waals surface area (Å²) in [5.41, 5.74) is 20.1. The molecular formula is C19H23F2N5. The molecule has 26 heavy (non-hydrogen) atoms. The molecule has 1 heterocycles. The van der Waals surface area contributed by atoms with Gasteiger partial charge in [0.15, 0.2) is 0 Å². The number of rotatable bonds is 3. The van der Waals surface area contributed by atoms with Gasteiger partial charge in [0.05, 0.1) is 11.3 Å². The summed E-state index contributed by atoms with van der Waals surface area (Å²) >= 11 is 0. The zero-order chi connectivity index (χ0) is 18.8. The number of halogens is 2. The second kappa shape index (κ2) is 7.27. The van der Waals surface area contributed by atoms with Crippen LogP contribution in [0.1, 0.15) is 44.2 Å². The summed E-state index contributed by atoms with van der Waals surface area (Å²) in [5, 5.41) is 0. The number of allylic oxidation sites excluding steroid dienone is 6. The molecule has 0 spiro atoms. The molecule has 2 aliphatic carbocycles. The predicted molar refractivity (Wildman–Crippen MR) is 97.6 cm³/mol. The van der Waals surface area contributed by atoms with Gasteiger partial charge in [-0.15, -0.1) is 0 Å². The quantitative estimate of drug-likeness (QED) is 0.766. The molecule has 7 heteroatoms. The minimum absolute atomic E-state index is 0.0589. The van der Waals surface area contributed by atoms with E-state index < -0.39 is 11.7 Å². The van der Waals surface area contributed by atoms with Gasteiger partial charge in [0.25, 0.3) is 0 Å². The maximum Gasteiger partial charge on any atom is 0.220 e. The van der Waals surface area contributed by atoms with Crippen molar-refractivity contribution >= 4 is 5.95 Å². The molecule has 0 saturated heterocycles. The van der Waals surface area contributed by atoms with Crippen molar-refractivity contribution in [3.8, 4) is 0 Å². The molecule has 0 fully saturated rings. The minimum atomic E-state index is -0.620. The van der Waals surface area contributed by atoms with E-state index in [4.69, 9.17) is 17.2 Å². The molecule has 2 unspecified atom stereocenters. The first-order valence-electron chi connectivity index (χ1n) is 8.68. The molecule has 6 N–H and O–H groups in total. The molecule has 0 radical (unpaired) electrons. The summed E-state index contributed by atoms with van der Waals surface area (Å²) in [5.74, 6) is -0.955. The van der Waals surface area contributed by atoms with Gasteiger partial charge in [-0.3, -0.25) is 0 Å². The van der Waals surface area contributed by atoms with Crippen molar-refractivity contribution < 1.29 is 8.78 Å². The van der Waals surface area contributed by atoms with Gasteiger partial charge in [0, 0.05) is 29.9 Å². The maximum absolute atomic E-state index is 14.1. The van der Waals surface area contributed by atoms with E-state index >= 15 is 0 Å². The molecule has 0 saturated carbocycles. The van der Waals surface area contributed by atoms with Crippen LogP contribution in [0.4, 0.5) is 14.7 Å². The second-order valence-corrected chi connectivity index (χ2v) is 6.75. The van der Waals surface area contributed by atoms with E-state index in [0.717, 1.165) is 24.1 Å². The number of hydrogen-bond donors (Lipinski definition) is 3. The van der Waals surface area contributed by atoms with Crippen LogP contribution in [-0.4, -0.2) is 9.97 Å². The number of hydrogen-bond acceptors (Lipinski definition) is 5. The highest BCUT2D eigenvalue weighted by atomic mass is 19.1. The molecule has 2 aliphatic rings. The Morgan fingerprint density at radius 3 is 2.73 bits per heavy atom. The monoisotopic (exact) mass is 359 g/mol. The Morgan fingerprint density at radius 2 is 2.04 bits per heavy atom. The Morgan fingerprint density at radius 1 is 1.27 bits per heavy atom. The Balaban J connectivity index is 2.01. The van der Waals surface area contributed by atoms with Crippen molar-refractivity contribution in [3.05, 3.63) is 64.3 Å². The van der Waals surface area contributed by atoms with Crippen LogP contribution in [0.25, 0.3) is 0 Å². The fourth-order valence-corrected chi connectivity index (χ4v) is 3.55. The maximum atomic E-state index is 14.1. The Bertz CT molecular complexity index is 838. The van der Waals surface area contributed by atoms with Crippen LogP contribution >= 0.6 is 0 Å². The molecule has 0 bridgehead atoms. The van der Waals surface area contributed by atoms with E-state index in [0.29, 0.717) is 12.1 Å². The molecule has 0 aliphatic heterocycles. The highest BCUT2D eigenvalue weighted by molar-refractivity contribution is 5.50. The molecule has 3 rings (SSSR count). The third kappa shape index (κ3) is 3.47. The van der Waals surface area contributed by atoms with Gasteiger partial charge in [0.1, 0.15) is 11.7 Å². The largest absolute Gasteiger partial charge is 0.401 e. The zero-order valence-electron chi connectivity index (χ0n) is 14.7. The highest BCUT2D eigenvalue weighted by Gasteiger charge is 2.28.